The quantitative estimate of drug-likeness (QED) is 0.752. The molecule has 1 unspecified atom stereocenters. The van der Waals surface area contributed by atoms with E-state index in [2.05, 4.69) is 21.8 Å². The van der Waals surface area contributed by atoms with Crippen molar-refractivity contribution in [1.82, 2.24) is 14.9 Å². The van der Waals surface area contributed by atoms with Crippen molar-refractivity contribution < 1.29 is 4.74 Å². The summed E-state index contributed by atoms with van der Waals surface area (Å²) in [5, 5.41) is 3.54. The Morgan fingerprint density at radius 2 is 2.41 bits per heavy atom. The number of nitrogens with zero attached hydrogens (tertiary/aromatic N) is 2. The molecule has 1 aromatic heterocycles. The molecule has 0 bridgehead atoms. The number of hydrogen-bond donors (Lipinski definition) is 1. The lowest BCUT2D eigenvalue weighted by Gasteiger charge is -2.19. The van der Waals surface area contributed by atoms with Gasteiger partial charge in [-0.2, -0.15) is 0 Å². The molecule has 0 aliphatic heterocycles. The average molecular weight is 237 g/mol. The molecule has 1 aromatic rings. The van der Waals surface area contributed by atoms with Crippen LogP contribution in [-0.4, -0.2) is 29.3 Å². The van der Waals surface area contributed by atoms with Crippen LogP contribution in [0.1, 0.15) is 44.3 Å². The fourth-order valence-corrected chi connectivity index (χ4v) is 2.16. The summed E-state index contributed by atoms with van der Waals surface area (Å²) in [6, 6.07) is 1.16. The molecule has 0 spiro atoms. The fraction of sp³-hybridized carbons (Fsp3) is 0.769. The van der Waals surface area contributed by atoms with Gasteiger partial charge in [0, 0.05) is 25.9 Å². The van der Waals surface area contributed by atoms with Crippen molar-refractivity contribution in [3.05, 3.63) is 18.2 Å². The molecule has 17 heavy (non-hydrogen) atoms. The molecule has 0 radical (unpaired) electrons. The summed E-state index contributed by atoms with van der Waals surface area (Å²) in [5.41, 5.74) is 1.27. The van der Waals surface area contributed by atoms with Crippen LogP contribution in [0.5, 0.6) is 0 Å². The standard InChI is InChI=1S/C13H23N3O/c1-3-4-12(9-17-2)16-10-14-7-13(16)8-15-11-5-6-11/h7,10-12,15H,3-6,8-9H2,1-2H3. The molecule has 2 rings (SSSR count). The minimum atomic E-state index is 0.420. The van der Waals surface area contributed by atoms with Crippen LogP contribution in [-0.2, 0) is 11.3 Å². The summed E-state index contributed by atoms with van der Waals surface area (Å²) < 4.78 is 7.57. The van der Waals surface area contributed by atoms with Crippen molar-refractivity contribution in [3.8, 4) is 0 Å². The highest BCUT2D eigenvalue weighted by Crippen LogP contribution is 2.21. The molecular weight excluding hydrogens is 214 g/mol. The van der Waals surface area contributed by atoms with Gasteiger partial charge in [0.05, 0.1) is 24.7 Å². The van der Waals surface area contributed by atoms with Crippen molar-refractivity contribution in [2.75, 3.05) is 13.7 Å². The maximum Gasteiger partial charge on any atom is 0.0952 e. The van der Waals surface area contributed by atoms with Gasteiger partial charge in [0.1, 0.15) is 0 Å². The van der Waals surface area contributed by atoms with Crippen molar-refractivity contribution in [2.45, 2.75) is 51.2 Å². The largest absolute Gasteiger partial charge is 0.383 e. The van der Waals surface area contributed by atoms with Crippen molar-refractivity contribution in [2.24, 2.45) is 0 Å². The Morgan fingerprint density at radius 1 is 1.59 bits per heavy atom. The third-order valence-corrected chi connectivity index (χ3v) is 3.27. The van der Waals surface area contributed by atoms with E-state index in [1.54, 1.807) is 7.11 Å². The maximum absolute atomic E-state index is 5.30. The van der Waals surface area contributed by atoms with Gasteiger partial charge in [-0.1, -0.05) is 13.3 Å². The molecule has 0 aromatic carbocycles. The highest BCUT2D eigenvalue weighted by atomic mass is 16.5. The molecule has 4 nitrogen and oxygen atoms in total. The van der Waals surface area contributed by atoms with E-state index in [0.29, 0.717) is 6.04 Å². The molecule has 1 heterocycles. The van der Waals surface area contributed by atoms with Gasteiger partial charge in [0.2, 0.25) is 0 Å². The van der Waals surface area contributed by atoms with E-state index in [-0.39, 0.29) is 0 Å². The van der Waals surface area contributed by atoms with Gasteiger partial charge in [0.15, 0.2) is 0 Å². The predicted octanol–water partition coefficient (Wildman–Crippen LogP) is 2.12. The molecule has 1 aliphatic rings. The Morgan fingerprint density at radius 3 is 3.06 bits per heavy atom. The summed E-state index contributed by atoms with van der Waals surface area (Å²) >= 11 is 0. The second kappa shape index (κ2) is 6.17. The van der Waals surface area contributed by atoms with Crippen LogP contribution in [0.2, 0.25) is 0 Å². The number of imidazole rings is 1. The van der Waals surface area contributed by atoms with Gasteiger partial charge in [-0.25, -0.2) is 4.98 Å². The highest BCUT2D eigenvalue weighted by Gasteiger charge is 2.21. The molecule has 1 saturated carbocycles. The maximum atomic E-state index is 5.30. The summed E-state index contributed by atoms with van der Waals surface area (Å²) in [6.45, 7) is 3.90. The minimum absolute atomic E-state index is 0.420. The summed E-state index contributed by atoms with van der Waals surface area (Å²) in [7, 11) is 1.77. The SMILES string of the molecule is CCCC(COC)n1cncc1CNC1CC1. The summed E-state index contributed by atoms with van der Waals surface area (Å²) in [5.74, 6) is 0. The molecule has 1 atom stereocenters. The van der Waals surface area contributed by atoms with Crippen LogP contribution in [0.25, 0.3) is 0 Å². The van der Waals surface area contributed by atoms with E-state index in [1.165, 1.54) is 25.0 Å². The van der Waals surface area contributed by atoms with Gasteiger partial charge in [-0.3, -0.25) is 0 Å². The summed E-state index contributed by atoms with van der Waals surface area (Å²) in [4.78, 5) is 4.27. The Labute approximate surface area is 103 Å². The minimum Gasteiger partial charge on any atom is -0.383 e. The number of methoxy groups -OCH3 is 1. The van der Waals surface area contributed by atoms with E-state index in [0.717, 1.165) is 25.6 Å². The van der Waals surface area contributed by atoms with E-state index in [4.69, 9.17) is 4.74 Å². The number of nitrogens with one attached hydrogen (secondary N) is 1. The Balaban J connectivity index is 1.97. The zero-order valence-corrected chi connectivity index (χ0v) is 10.9. The Bertz CT molecular complexity index is 327. The number of hydrogen-bond acceptors (Lipinski definition) is 3. The molecule has 0 saturated heterocycles. The zero-order valence-electron chi connectivity index (χ0n) is 10.9. The third kappa shape index (κ3) is 3.54. The molecule has 96 valence electrons. The van der Waals surface area contributed by atoms with Crippen LogP contribution in [0.15, 0.2) is 12.5 Å². The molecule has 1 fully saturated rings. The molecule has 0 amide bonds. The normalized spacial score (nSPS) is 17.3. The van der Waals surface area contributed by atoms with Crippen LogP contribution in [0.3, 0.4) is 0 Å². The van der Waals surface area contributed by atoms with Crippen molar-refractivity contribution in [3.63, 3.8) is 0 Å². The molecular formula is C13H23N3O. The van der Waals surface area contributed by atoms with Gasteiger partial charge < -0.3 is 14.6 Å². The van der Waals surface area contributed by atoms with Gasteiger partial charge >= 0.3 is 0 Å². The topological polar surface area (TPSA) is 39.1 Å². The average Bonchev–Trinajstić information content (AvgIpc) is 3.04. The van der Waals surface area contributed by atoms with Crippen LogP contribution < -0.4 is 5.32 Å². The number of aromatic nitrogens is 2. The highest BCUT2D eigenvalue weighted by molar-refractivity contribution is 5.01. The first-order chi connectivity index (χ1) is 8.35. The zero-order chi connectivity index (χ0) is 12.1. The second-order valence-corrected chi connectivity index (χ2v) is 4.85. The monoisotopic (exact) mass is 237 g/mol. The van der Waals surface area contributed by atoms with Crippen LogP contribution >= 0.6 is 0 Å². The lowest BCUT2D eigenvalue weighted by Crippen LogP contribution is -2.21. The van der Waals surface area contributed by atoms with E-state index in [1.807, 2.05) is 12.5 Å². The Kier molecular flexibility index (Phi) is 4.57. The first kappa shape index (κ1) is 12.6. The van der Waals surface area contributed by atoms with Crippen molar-refractivity contribution >= 4 is 0 Å². The molecule has 1 N–H and O–H groups in total. The fourth-order valence-electron chi connectivity index (χ4n) is 2.16. The number of ether oxygens (including phenoxy) is 1. The lowest BCUT2D eigenvalue weighted by atomic mass is 10.1. The first-order valence-electron chi connectivity index (χ1n) is 6.58. The smallest absolute Gasteiger partial charge is 0.0952 e. The number of rotatable bonds is 8. The van der Waals surface area contributed by atoms with Crippen LogP contribution in [0.4, 0.5) is 0 Å². The van der Waals surface area contributed by atoms with Gasteiger partial charge in [-0.05, 0) is 19.3 Å². The van der Waals surface area contributed by atoms with Gasteiger partial charge in [0.25, 0.3) is 0 Å². The first-order valence-corrected chi connectivity index (χ1v) is 6.58. The third-order valence-electron chi connectivity index (χ3n) is 3.27. The van der Waals surface area contributed by atoms with E-state index < -0.39 is 0 Å². The molecule has 4 heteroatoms. The predicted molar refractivity (Wildman–Crippen MR) is 67.9 cm³/mol. The lowest BCUT2D eigenvalue weighted by molar-refractivity contribution is 0.149. The van der Waals surface area contributed by atoms with Crippen LogP contribution in [0, 0.1) is 0 Å². The van der Waals surface area contributed by atoms with E-state index in [9.17, 15) is 0 Å². The summed E-state index contributed by atoms with van der Waals surface area (Å²) in [6.07, 6.45) is 8.86. The van der Waals surface area contributed by atoms with Gasteiger partial charge in [-0.15, -0.1) is 0 Å². The van der Waals surface area contributed by atoms with Crippen molar-refractivity contribution in [1.29, 1.82) is 0 Å². The molecule has 1 aliphatic carbocycles. The van der Waals surface area contributed by atoms with E-state index >= 15 is 0 Å². The second-order valence-electron chi connectivity index (χ2n) is 4.85. The Hall–Kier alpha value is -0.870.